The number of esters is 1. The lowest BCUT2D eigenvalue weighted by Gasteiger charge is -2.13. The van der Waals surface area contributed by atoms with E-state index in [1.807, 2.05) is 13.8 Å². The summed E-state index contributed by atoms with van der Waals surface area (Å²) in [6.07, 6.45) is 0.938. The van der Waals surface area contributed by atoms with E-state index in [1.54, 1.807) is 12.1 Å². The maximum absolute atomic E-state index is 12.4. The number of benzene rings is 1. The number of nitrogens with zero attached hydrogens (tertiary/aromatic N) is 1. The average Bonchev–Trinajstić information content (AvgIpc) is 2.52. The van der Waals surface area contributed by atoms with E-state index < -0.39 is 28.6 Å². The maximum Gasteiger partial charge on any atom is 0.333 e. The summed E-state index contributed by atoms with van der Waals surface area (Å²) in [4.78, 5) is 15.6. The summed E-state index contributed by atoms with van der Waals surface area (Å²) < 4.78 is 31.6. The molecule has 7 nitrogen and oxygen atoms in total. The average molecular weight is 342 g/mol. The first kappa shape index (κ1) is 19.1. The van der Waals surface area contributed by atoms with Gasteiger partial charge in [-0.15, -0.1) is 0 Å². The number of carbonyl (C=O) groups excluding carboxylic acids is 1. The molecule has 0 unspecified atom stereocenters. The maximum atomic E-state index is 12.4. The predicted octanol–water partition coefficient (Wildman–Crippen LogP) is 1.01. The third-order valence-corrected chi connectivity index (χ3v) is 4.43. The van der Waals surface area contributed by atoms with E-state index in [9.17, 15) is 18.3 Å². The zero-order chi connectivity index (χ0) is 17.5. The van der Waals surface area contributed by atoms with E-state index in [4.69, 9.17) is 0 Å². The fraction of sp³-hybridized carbons (Fsp3) is 0.467. The lowest BCUT2D eigenvalue weighted by Crippen LogP contribution is -2.34. The lowest BCUT2D eigenvalue weighted by atomic mass is 10.2. The Balaban J connectivity index is 3.06. The number of ether oxygens (including phenoxy) is 1. The van der Waals surface area contributed by atoms with Crippen molar-refractivity contribution in [1.82, 2.24) is 4.72 Å². The smallest absolute Gasteiger partial charge is 0.333 e. The number of aliphatic hydroxyl groups is 1. The number of rotatable bonds is 7. The molecule has 0 spiro atoms. The quantitative estimate of drug-likeness (QED) is 0.437. The summed E-state index contributed by atoms with van der Waals surface area (Å²) in [5.41, 5.74) is 0.942. The van der Waals surface area contributed by atoms with Gasteiger partial charge < -0.3 is 9.84 Å². The van der Waals surface area contributed by atoms with Gasteiger partial charge in [-0.3, -0.25) is 9.71 Å². The zero-order valence-electron chi connectivity index (χ0n) is 13.4. The Morgan fingerprint density at radius 1 is 1.35 bits per heavy atom. The SMILES string of the molecule is CCCC(=N[C@@H](CO)C(=O)OC)NS(=O)(=O)c1ccc(C)cc1. The number of nitrogens with one attached hydrogen (secondary N) is 1. The van der Waals surface area contributed by atoms with Crippen molar-refractivity contribution < 1.29 is 23.1 Å². The molecule has 128 valence electrons. The third-order valence-electron chi connectivity index (χ3n) is 3.03. The molecule has 1 rings (SSSR count). The highest BCUT2D eigenvalue weighted by molar-refractivity contribution is 7.90. The van der Waals surface area contributed by atoms with Crippen LogP contribution in [-0.2, 0) is 19.6 Å². The van der Waals surface area contributed by atoms with Crippen LogP contribution in [0.5, 0.6) is 0 Å². The van der Waals surface area contributed by atoms with Crippen molar-refractivity contribution in [3.05, 3.63) is 29.8 Å². The molecular formula is C15H22N2O5S. The Kier molecular flexibility index (Phi) is 7.18. The molecule has 0 aliphatic rings. The van der Waals surface area contributed by atoms with E-state index in [-0.39, 0.29) is 10.7 Å². The van der Waals surface area contributed by atoms with Crippen LogP contribution in [0.4, 0.5) is 0 Å². The van der Waals surface area contributed by atoms with E-state index in [0.717, 1.165) is 5.56 Å². The molecule has 0 fully saturated rings. The fourth-order valence-corrected chi connectivity index (χ4v) is 2.88. The summed E-state index contributed by atoms with van der Waals surface area (Å²) in [7, 11) is -2.62. The van der Waals surface area contributed by atoms with E-state index in [1.165, 1.54) is 19.2 Å². The minimum atomic E-state index is -3.80. The van der Waals surface area contributed by atoms with Crippen molar-refractivity contribution in [3.8, 4) is 0 Å². The number of hydrogen-bond acceptors (Lipinski definition) is 6. The van der Waals surface area contributed by atoms with E-state index in [2.05, 4.69) is 14.5 Å². The van der Waals surface area contributed by atoms with Crippen molar-refractivity contribution >= 4 is 21.8 Å². The molecule has 1 aromatic carbocycles. The van der Waals surface area contributed by atoms with Crippen LogP contribution >= 0.6 is 0 Å². The first-order valence-corrected chi connectivity index (χ1v) is 8.67. The van der Waals surface area contributed by atoms with Gasteiger partial charge in [0.25, 0.3) is 10.0 Å². The number of carbonyl (C=O) groups is 1. The minimum Gasteiger partial charge on any atom is -0.467 e. The number of amidine groups is 1. The molecule has 8 heteroatoms. The van der Waals surface area contributed by atoms with Gasteiger partial charge in [0.05, 0.1) is 18.6 Å². The largest absolute Gasteiger partial charge is 0.467 e. The Morgan fingerprint density at radius 3 is 2.43 bits per heavy atom. The van der Waals surface area contributed by atoms with E-state index in [0.29, 0.717) is 12.8 Å². The molecule has 0 heterocycles. The molecular weight excluding hydrogens is 320 g/mol. The topological polar surface area (TPSA) is 105 Å². The molecule has 23 heavy (non-hydrogen) atoms. The summed E-state index contributed by atoms with van der Waals surface area (Å²) in [5.74, 6) is -0.617. The Labute approximate surface area is 136 Å². The number of hydrogen-bond donors (Lipinski definition) is 2. The number of aliphatic imine (C=N–C) groups is 1. The summed E-state index contributed by atoms with van der Waals surface area (Å²) in [6.45, 7) is 3.14. The van der Waals surface area contributed by atoms with Crippen molar-refractivity contribution in [3.63, 3.8) is 0 Å². The fourth-order valence-electron chi connectivity index (χ4n) is 1.80. The molecule has 0 aliphatic heterocycles. The van der Waals surface area contributed by atoms with Gasteiger partial charge in [-0.05, 0) is 25.5 Å². The molecule has 0 aliphatic carbocycles. The Morgan fingerprint density at radius 2 is 1.96 bits per heavy atom. The second-order valence-electron chi connectivity index (χ2n) is 4.97. The van der Waals surface area contributed by atoms with Crippen molar-refractivity contribution in [1.29, 1.82) is 0 Å². The standard InChI is InChI=1S/C15H22N2O5S/c1-4-5-14(16-13(10-18)15(19)22-3)17-23(20,21)12-8-6-11(2)7-9-12/h6-9,13,18H,4-5,10H2,1-3H3,(H,16,17)/t13-/m0/s1. The van der Waals surface area contributed by atoms with Crippen LogP contribution in [0.2, 0.25) is 0 Å². The zero-order valence-corrected chi connectivity index (χ0v) is 14.3. The first-order chi connectivity index (χ1) is 10.8. The third kappa shape index (κ3) is 5.65. The normalized spacial score (nSPS) is 13.5. The highest BCUT2D eigenvalue weighted by Crippen LogP contribution is 2.11. The number of sulfonamides is 1. The predicted molar refractivity (Wildman–Crippen MR) is 86.7 cm³/mol. The molecule has 0 radical (unpaired) electrons. The second kappa shape index (κ2) is 8.64. The van der Waals surface area contributed by atoms with Crippen LogP contribution in [0.15, 0.2) is 34.2 Å². The van der Waals surface area contributed by atoms with Gasteiger partial charge in [-0.25, -0.2) is 13.2 Å². The Bertz CT molecular complexity index is 653. The van der Waals surface area contributed by atoms with Crippen LogP contribution in [0.3, 0.4) is 0 Å². The molecule has 1 atom stereocenters. The summed E-state index contributed by atoms with van der Waals surface area (Å²) in [5, 5.41) is 9.21. The van der Waals surface area contributed by atoms with Crippen LogP contribution in [0, 0.1) is 6.92 Å². The highest BCUT2D eigenvalue weighted by atomic mass is 32.2. The monoisotopic (exact) mass is 342 g/mol. The summed E-state index contributed by atoms with van der Waals surface area (Å²) >= 11 is 0. The minimum absolute atomic E-state index is 0.102. The van der Waals surface area contributed by atoms with Crippen molar-refractivity contribution in [2.24, 2.45) is 4.99 Å². The lowest BCUT2D eigenvalue weighted by molar-refractivity contribution is -0.142. The molecule has 2 N–H and O–H groups in total. The molecule has 1 aromatic rings. The summed E-state index contributed by atoms with van der Waals surface area (Å²) in [6, 6.07) is 5.21. The van der Waals surface area contributed by atoms with Crippen LogP contribution in [-0.4, -0.2) is 45.1 Å². The number of aryl methyl sites for hydroxylation is 1. The van der Waals surface area contributed by atoms with Gasteiger partial charge in [-0.1, -0.05) is 24.6 Å². The number of methoxy groups -OCH3 is 1. The van der Waals surface area contributed by atoms with Gasteiger partial charge in [0.15, 0.2) is 6.04 Å². The molecule has 0 saturated heterocycles. The van der Waals surface area contributed by atoms with E-state index >= 15 is 0 Å². The Hall–Kier alpha value is -1.93. The van der Waals surface area contributed by atoms with Gasteiger partial charge in [0.2, 0.25) is 0 Å². The van der Waals surface area contributed by atoms with Gasteiger partial charge >= 0.3 is 5.97 Å². The van der Waals surface area contributed by atoms with Gasteiger partial charge in [-0.2, -0.15) is 0 Å². The second-order valence-corrected chi connectivity index (χ2v) is 6.65. The van der Waals surface area contributed by atoms with Crippen molar-refractivity contribution in [2.75, 3.05) is 13.7 Å². The van der Waals surface area contributed by atoms with Crippen LogP contribution in [0.25, 0.3) is 0 Å². The van der Waals surface area contributed by atoms with Crippen LogP contribution in [0.1, 0.15) is 25.3 Å². The van der Waals surface area contributed by atoms with Crippen molar-refractivity contribution in [2.45, 2.75) is 37.6 Å². The molecule has 0 saturated carbocycles. The first-order valence-electron chi connectivity index (χ1n) is 7.19. The molecule has 0 amide bonds. The van der Waals surface area contributed by atoms with Gasteiger partial charge in [0, 0.05) is 6.42 Å². The highest BCUT2D eigenvalue weighted by Gasteiger charge is 2.21. The van der Waals surface area contributed by atoms with Crippen LogP contribution < -0.4 is 4.72 Å². The molecule has 0 aromatic heterocycles. The number of aliphatic hydroxyl groups excluding tert-OH is 1. The van der Waals surface area contributed by atoms with Gasteiger partial charge in [0.1, 0.15) is 5.84 Å². The molecule has 0 bridgehead atoms.